The van der Waals surface area contributed by atoms with E-state index in [4.69, 9.17) is 4.74 Å². The van der Waals surface area contributed by atoms with E-state index >= 15 is 0 Å². The lowest BCUT2D eigenvalue weighted by Gasteiger charge is -2.38. The molecule has 0 bridgehead atoms. The number of nitrogens with zero attached hydrogens (tertiary/aromatic N) is 2. The topological polar surface area (TPSA) is 44.8 Å². The van der Waals surface area contributed by atoms with E-state index in [1.54, 1.807) is 7.11 Å². The minimum absolute atomic E-state index is 0.0635. The highest BCUT2D eigenvalue weighted by Crippen LogP contribution is 2.28. The summed E-state index contributed by atoms with van der Waals surface area (Å²) >= 11 is 0. The van der Waals surface area contributed by atoms with Crippen molar-refractivity contribution >= 4 is 11.6 Å². The number of hydrogen-bond acceptors (Lipinski definition) is 4. The Morgan fingerprint density at radius 3 is 2.59 bits per heavy atom. The van der Waals surface area contributed by atoms with E-state index in [0.29, 0.717) is 0 Å². The van der Waals surface area contributed by atoms with Crippen LogP contribution in [0, 0.1) is 0 Å². The van der Waals surface area contributed by atoms with Gasteiger partial charge in [0.05, 0.1) is 18.8 Å². The van der Waals surface area contributed by atoms with Gasteiger partial charge >= 0.3 is 0 Å². The first-order chi connectivity index (χ1) is 10.7. The number of piperazine rings is 1. The molecule has 1 saturated heterocycles. The number of hydrogen-bond donors (Lipinski definition) is 1. The van der Waals surface area contributed by atoms with Gasteiger partial charge in [-0.3, -0.25) is 9.69 Å². The van der Waals surface area contributed by atoms with Crippen molar-refractivity contribution in [1.29, 1.82) is 0 Å². The number of para-hydroxylation sites is 2. The van der Waals surface area contributed by atoms with Crippen LogP contribution in [0.2, 0.25) is 0 Å². The lowest BCUT2D eigenvalue weighted by atomic mass is 10.2. The Bertz CT molecular complexity index is 485. The maximum atomic E-state index is 12.1. The third-order valence-corrected chi connectivity index (χ3v) is 4.22. The van der Waals surface area contributed by atoms with Crippen molar-refractivity contribution in [3.05, 3.63) is 24.3 Å². The highest BCUT2D eigenvalue weighted by molar-refractivity contribution is 5.81. The van der Waals surface area contributed by atoms with Gasteiger partial charge in [-0.15, -0.1) is 0 Å². The predicted molar refractivity (Wildman–Crippen MR) is 89.5 cm³/mol. The molecule has 1 unspecified atom stereocenters. The Kier molecular flexibility index (Phi) is 6.07. The highest BCUT2D eigenvalue weighted by atomic mass is 16.5. The number of carbonyl (C=O) groups excluding carboxylic acids is 1. The molecule has 1 aliphatic heterocycles. The highest BCUT2D eigenvalue weighted by Gasteiger charge is 2.26. The zero-order chi connectivity index (χ0) is 15.9. The van der Waals surface area contributed by atoms with Crippen LogP contribution < -0.4 is 15.0 Å². The first-order valence-electron chi connectivity index (χ1n) is 8.07. The minimum Gasteiger partial charge on any atom is -0.495 e. The van der Waals surface area contributed by atoms with Gasteiger partial charge in [-0.25, -0.2) is 0 Å². The number of methoxy groups -OCH3 is 1. The number of rotatable bonds is 6. The molecule has 5 nitrogen and oxygen atoms in total. The molecule has 5 heteroatoms. The van der Waals surface area contributed by atoms with Gasteiger partial charge in [0.15, 0.2) is 0 Å². The minimum atomic E-state index is -0.0635. The van der Waals surface area contributed by atoms with E-state index < -0.39 is 0 Å². The van der Waals surface area contributed by atoms with Gasteiger partial charge in [-0.05, 0) is 25.5 Å². The van der Waals surface area contributed by atoms with E-state index in [1.807, 2.05) is 25.1 Å². The maximum absolute atomic E-state index is 12.1. The molecule has 122 valence electrons. The number of carbonyl (C=O) groups is 1. The lowest BCUT2D eigenvalue weighted by Crippen LogP contribution is -2.54. The van der Waals surface area contributed by atoms with Crippen LogP contribution in [0.5, 0.6) is 5.75 Å². The maximum Gasteiger partial charge on any atom is 0.237 e. The number of ether oxygens (including phenoxy) is 1. The summed E-state index contributed by atoms with van der Waals surface area (Å²) in [6.07, 6.45) is 0.972. The molecule has 1 aromatic carbocycles. The van der Waals surface area contributed by atoms with Crippen molar-refractivity contribution < 1.29 is 9.53 Å². The Morgan fingerprint density at radius 2 is 1.95 bits per heavy atom. The van der Waals surface area contributed by atoms with Gasteiger partial charge in [0.2, 0.25) is 5.91 Å². The van der Waals surface area contributed by atoms with E-state index in [1.165, 1.54) is 0 Å². The third kappa shape index (κ3) is 3.91. The average Bonchev–Trinajstić information content (AvgIpc) is 2.59. The Hall–Kier alpha value is -1.75. The van der Waals surface area contributed by atoms with E-state index in [0.717, 1.165) is 50.6 Å². The van der Waals surface area contributed by atoms with Crippen molar-refractivity contribution in [2.24, 2.45) is 0 Å². The third-order valence-electron chi connectivity index (χ3n) is 4.22. The molecule has 0 spiro atoms. The summed E-state index contributed by atoms with van der Waals surface area (Å²) in [6, 6.07) is 8.03. The van der Waals surface area contributed by atoms with Gasteiger partial charge in [0.1, 0.15) is 5.75 Å². The van der Waals surface area contributed by atoms with Gasteiger partial charge in [0, 0.05) is 32.7 Å². The molecule has 22 heavy (non-hydrogen) atoms. The van der Waals surface area contributed by atoms with E-state index in [-0.39, 0.29) is 11.9 Å². The first kappa shape index (κ1) is 16.6. The number of amides is 1. The van der Waals surface area contributed by atoms with Crippen molar-refractivity contribution in [3.63, 3.8) is 0 Å². The average molecular weight is 305 g/mol. The van der Waals surface area contributed by atoms with Gasteiger partial charge in [-0.1, -0.05) is 19.1 Å². The van der Waals surface area contributed by atoms with Crippen molar-refractivity contribution in [3.8, 4) is 5.75 Å². The van der Waals surface area contributed by atoms with Gasteiger partial charge in [0.25, 0.3) is 0 Å². The Labute approximate surface area is 133 Å². The van der Waals surface area contributed by atoms with Crippen LogP contribution in [0.4, 0.5) is 5.69 Å². The molecule has 0 aliphatic carbocycles. The van der Waals surface area contributed by atoms with Crippen LogP contribution in [0.3, 0.4) is 0 Å². The molecule has 1 amide bonds. The number of benzene rings is 1. The summed E-state index contributed by atoms with van der Waals surface area (Å²) in [6.45, 7) is 8.40. The summed E-state index contributed by atoms with van der Waals surface area (Å²) in [5.74, 6) is 1.04. The molecule has 1 atom stereocenters. The fourth-order valence-corrected chi connectivity index (χ4v) is 2.80. The molecule has 1 aromatic rings. The zero-order valence-corrected chi connectivity index (χ0v) is 13.8. The number of nitrogens with one attached hydrogen (secondary N) is 1. The van der Waals surface area contributed by atoms with Crippen molar-refractivity contribution in [2.45, 2.75) is 26.3 Å². The summed E-state index contributed by atoms with van der Waals surface area (Å²) < 4.78 is 5.44. The quantitative estimate of drug-likeness (QED) is 0.869. The molecule has 2 rings (SSSR count). The molecule has 1 N–H and O–H groups in total. The second kappa shape index (κ2) is 8.03. The smallest absolute Gasteiger partial charge is 0.237 e. The SMILES string of the molecule is CCCNC(=O)C(C)N1CCN(c2ccccc2OC)CC1. The molecule has 0 saturated carbocycles. The molecule has 1 heterocycles. The van der Waals surface area contributed by atoms with Crippen LogP contribution in [0.1, 0.15) is 20.3 Å². The standard InChI is InChI=1S/C17H27N3O2/c1-4-9-18-17(21)14(2)19-10-12-20(13-11-19)15-7-5-6-8-16(15)22-3/h5-8,14H,4,9-13H2,1-3H3,(H,18,21). The molecule has 1 aliphatic rings. The molecular formula is C17H27N3O2. The molecule has 0 aromatic heterocycles. The summed E-state index contributed by atoms with van der Waals surface area (Å²) in [7, 11) is 1.70. The van der Waals surface area contributed by atoms with Crippen LogP contribution >= 0.6 is 0 Å². The van der Waals surface area contributed by atoms with Crippen LogP contribution in [-0.4, -0.2) is 56.7 Å². The van der Waals surface area contributed by atoms with Crippen molar-refractivity contribution in [1.82, 2.24) is 10.2 Å². The second-order valence-corrected chi connectivity index (χ2v) is 5.66. The fraction of sp³-hybridized carbons (Fsp3) is 0.588. The van der Waals surface area contributed by atoms with Crippen LogP contribution in [0.15, 0.2) is 24.3 Å². The van der Waals surface area contributed by atoms with Crippen LogP contribution in [0.25, 0.3) is 0 Å². The second-order valence-electron chi connectivity index (χ2n) is 5.66. The van der Waals surface area contributed by atoms with Gasteiger partial charge < -0.3 is 15.0 Å². The summed E-state index contributed by atoms with van der Waals surface area (Å²) in [4.78, 5) is 16.6. The summed E-state index contributed by atoms with van der Waals surface area (Å²) in [5.41, 5.74) is 1.13. The zero-order valence-electron chi connectivity index (χ0n) is 13.8. The number of anilines is 1. The monoisotopic (exact) mass is 305 g/mol. The van der Waals surface area contributed by atoms with E-state index in [9.17, 15) is 4.79 Å². The van der Waals surface area contributed by atoms with Crippen molar-refractivity contribution in [2.75, 3.05) is 44.7 Å². The predicted octanol–water partition coefficient (Wildman–Crippen LogP) is 1.73. The fourth-order valence-electron chi connectivity index (χ4n) is 2.80. The lowest BCUT2D eigenvalue weighted by molar-refractivity contribution is -0.126. The summed E-state index contributed by atoms with van der Waals surface area (Å²) in [5, 5.41) is 2.98. The van der Waals surface area contributed by atoms with Crippen LogP contribution in [-0.2, 0) is 4.79 Å². The Morgan fingerprint density at radius 1 is 1.27 bits per heavy atom. The van der Waals surface area contributed by atoms with E-state index in [2.05, 4.69) is 28.1 Å². The normalized spacial score (nSPS) is 17.1. The molecule has 0 radical (unpaired) electrons. The first-order valence-corrected chi connectivity index (χ1v) is 8.07. The molecular weight excluding hydrogens is 278 g/mol. The molecule has 1 fully saturated rings. The van der Waals surface area contributed by atoms with Gasteiger partial charge in [-0.2, -0.15) is 0 Å². The Balaban J connectivity index is 1.91. The largest absolute Gasteiger partial charge is 0.495 e.